The van der Waals surface area contributed by atoms with Crippen LogP contribution in [0, 0.1) is 5.92 Å². The van der Waals surface area contributed by atoms with Crippen LogP contribution >= 0.6 is 0 Å². The Hall–Kier alpha value is -3.07. The maximum atomic E-state index is 5.63. The fraction of sp³-hybridized carbons (Fsp3) is 0.542. The van der Waals surface area contributed by atoms with Gasteiger partial charge in [0.25, 0.3) is 0 Å². The highest BCUT2D eigenvalue weighted by molar-refractivity contribution is 5.55. The molecule has 3 fully saturated rings. The number of rotatable bonds is 5. The molecule has 3 aliphatic heterocycles. The Morgan fingerprint density at radius 3 is 2.55 bits per heavy atom. The number of ether oxygens (including phenoxy) is 1. The molecule has 0 spiro atoms. The molecule has 0 radical (unpaired) electrons. The van der Waals surface area contributed by atoms with Crippen LogP contribution < -0.4 is 9.80 Å². The summed E-state index contributed by atoms with van der Waals surface area (Å²) in [7, 11) is 0. The number of anilines is 2. The molecule has 0 aromatic carbocycles. The molecular formula is C24H30N8O. The van der Waals surface area contributed by atoms with Gasteiger partial charge in [-0.25, -0.2) is 9.67 Å². The first-order valence-corrected chi connectivity index (χ1v) is 12.0. The summed E-state index contributed by atoms with van der Waals surface area (Å²) >= 11 is 0. The predicted octanol–water partition coefficient (Wildman–Crippen LogP) is 2.74. The molecule has 6 heterocycles. The van der Waals surface area contributed by atoms with Crippen molar-refractivity contribution in [1.29, 1.82) is 0 Å². The van der Waals surface area contributed by atoms with E-state index in [2.05, 4.69) is 44.2 Å². The van der Waals surface area contributed by atoms with E-state index in [0.717, 1.165) is 43.4 Å². The number of hydrogen-bond acceptors (Lipinski definition) is 8. The molecule has 0 amide bonds. The van der Waals surface area contributed by atoms with Gasteiger partial charge in [-0.05, 0) is 43.7 Å². The quantitative estimate of drug-likeness (QED) is 0.592. The van der Waals surface area contributed by atoms with E-state index in [1.165, 1.54) is 31.4 Å². The van der Waals surface area contributed by atoms with Crippen LogP contribution in [0.2, 0.25) is 0 Å². The highest BCUT2D eigenvalue weighted by Gasteiger charge is 2.45. The molecule has 3 aliphatic rings. The third-order valence-corrected chi connectivity index (χ3v) is 7.19. The zero-order valence-corrected chi connectivity index (χ0v) is 19.1. The summed E-state index contributed by atoms with van der Waals surface area (Å²) in [6.45, 7) is 7.59. The fourth-order valence-electron chi connectivity index (χ4n) is 5.06. The highest BCUT2D eigenvalue weighted by Crippen LogP contribution is 2.34. The number of hydrogen-bond donors (Lipinski definition) is 0. The summed E-state index contributed by atoms with van der Waals surface area (Å²) < 4.78 is 7.52. The van der Waals surface area contributed by atoms with Crippen molar-refractivity contribution in [3.8, 4) is 11.4 Å². The molecule has 9 nitrogen and oxygen atoms in total. The lowest BCUT2D eigenvalue weighted by Gasteiger charge is -2.40. The minimum atomic E-state index is -0.429. The summed E-state index contributed by atoms with van der Waals surface area (Å²) in [6, 6.07) is 4.29. The zero-order chi connectivity index (χ0) is 22.3. The summed E-state index contributed by atoms with van der Waals surface area (Å²) in [6.07, 6.45) is 12.5. The van der Waals surface area contributed by atoms with Gasteiger partial charge in [-0.3, -0.25) is 9.97 Å². The second-order valence-corrected chi connectivity index (χ2v) is 9.62. The molecule has 3 saturated heterocycles. The second-order valence-electron chi connectivity index (χ2n) is 9.62. The first kappa shape index (κ1) is 20.5. The Bertz CT molecular complexity index is 1100. The highest BCUT2D eigenvalue weighted by atomic mass is 16.5. The molecule has 3 aromatic rings. The zero-order valence-electron chi connectivity index (χ0n) is 19.1. The maximum Gasteiger partial charge on any atom is 0.152 e. The van der Waals surface area contributed by atoms with E-state index in [1.807, 2.05) is 23.3 Å². The van der Waals surface area contributed by atoms with Crippen molar-refractivity contribution in [1.82, 2.24) is 29.9 Å². The Kier molecular flexibility index (Phi) is 5.21. The van der Waals surface area contributed by atoms with Crippen LogP contribution in [0.25, 0.3) is 11.4 Å². The molecule has 33 heavy (non-hydrogen) atoms. The van der Waals surface area contributed by atoms with E-state index in [0.29, 0.717) is 24.8 Å². The number of nitrogens with zero attached hydrogens (tertiary/aromatic N) is 8. The van der Waals surface area contributed by atoms with E-state index in [1.54, 1.807) is 6.20 Å². The molecule has 0 bridgehead atoms. The molecule has 0 saturated carbocycles. The van der Waals surface area contributed by atoms with Crippen LogP contribution in [0.1, 0.15) is 38.3 Å². The molecule has 9 heteroatoms. The van der Waals surface area contributed by atoms with E-state index < -0.39 is 5.54 Å². The lowest BCUT2D eigenvalue weighted by molar-refractivity contribution is -0.0851. The Morgan fingerprint density at radius 1 is 0.970 bits per heavy atom. The molecule has 0 N–H and O–H groups in total. The summed E-state index contributed by atoms with van der Waals surface area (Å²) in [5.74, 6) is 1.59. The predicted molar refractivity (Wildman–Crippen MR) is 125 cm³/mol. The standard InChI is InChI=1S/C24H30N8O/c1-18-7-10-31(14-18)23-13-25-12-20(27-23)21-15-32(29-28-21)24(16-33-17-24)22-6-5-19(11-26-22)30-8-3-2-4-9-30/h5-6,11-13,15,18H,2-4,7-10,14,16-17H2,1H3. The molecular weight excluding hydrogens is 416 g/mol. The van der Waals surface area contributed by atoms with Gasteiger partial charge in [0.15, 0.2) is 5.54 Å². The summed E-state index contributed by atoms with van der Waals surface area (Å²) in [5.41, 5.74) is 3.17. The van der Waals surface area contributed by atoms with Crippen molar-refractivity contribution in [2.24, 2.45) is 5.92 Å². The van der Waals surface area contributed by atoms with Gasteiger partial charge < -0.3 is 14.5 Å². The van der Waals surface area contributed by atoms with Crippen molar-refractivity contribution in [3.05, 3.63) is 42.6 Å². The maximum absolute atomic E-state index is 5.63. The smallest absolute Gasteiger partial charge is 0.152 e. The van der Waals surface area contributed by atoms with Crippen LogP contribution in [-0.2, 0) is 10.3 Å². The van der Waals surface area contributed by atoms with Crippen LogP contribution in [0.5, 0.6) is 0 Å². The van der Waals surface area contributed by atoms with E-state index in [4.69, 9.17) is 14.7 Å². The van der Waals surface area contributed by atoms with E-state index in [-0.39, 0.29) is 0 Å². The van der Waals surface area contributed by atoms with Crippen molar-refractivity contribution < 1.29 is 4.74 Å². The Labute approximate surface area is 193 Å². The summed E-state index contributed by atoms with van der Waals surface area (Å²) in [5, 5.41) is 8.90. The normalized spacial score (nSPS) is 22.4. The minimum absolute atomic E-state index is 0.429. The van der Waals surface area contributed by atoms with Gasteiger partial charge in [-0.2, -0.15) is 0 Å². The molecule has 6 rings (SSSR count). The van der Waals surface area contributed by atoms with Gasteiger partial charge >= 0.3 is 0 Å². The third-order valence-electron chi connectivity index (χ3n) is 7.19. The number of aromatic nitrogens is 6. The SMILES string of the molecule is CC1CCN(c2cncc(-c3cn(C4(c5ccc(N6CCCCC6)cn5)COC4)nn3)n2)C1. The topological polar surface area (TPSA) is 85.1 Å². The van der Waals surface area contributed by atoms with E-state index >= 15 is 0 Å². The van der Waals surface area contributed by atoms with Crippen molar-refractivity contribution >= 4 is 11.5 Å². The van der Waals surface area contributed by atoms with Gasteiger partial charge in [0.2, 0.25) is 0 Å². The Balaban J connectivity index is 1.25. The van der Waals surface area contributed by atoms with Gasteiger partial charge in [-0.1, -0.05) is 12.1 Å². The second kappa shape index (κ2) is 8.37. The molecule has 172 valence electrons. The average Bonchev–Trinajstić information content (AvgIpc) is 3.50. The largest absolute Gasteiger partial charge is 0.375 e. The van der Waals surface area contributed by atoms with Gasteiger partial charge in [0.1, 0.15) is 17.2 Å². The van der Waals surface area contributed by atoms with Crippen molar-refractivity contribution in [2.75, 3.05) is 49.2 Å². The molecule has 3 aromatic heterocycles. The van der Waals surface area contributed by atoms with Crippen LogP contribution in [0.4, 0.5) is 11.5 Å². The first-order valence-electron chi connectivity index (χ1n) is 12.0. The van der Waals surface area contributed by atoms with Crippen LogP contribution in [-0.4, -0.2) is 69.3 Å². The van der Waals surface area contributed by atoms with Crippen molar-refractivity contribution in [2.45, 2.75) is 38.1 Å². The van der Waals surface area contributed by atoms with E-state index in [9.17, 15) is 0 Å². The Morgan fingerprint density at radius 2 is 1.85 bits per heavy atom. The number of pyridine rings is 1. The van der Waals surface area contributed by atoms with Gasteiger partial charge in [0, 0.05) is 26.2 Å². The van der Waals surface area contributed by atoms with Gasteiger partial charge in [-0.15, -0.1) is 5.10 Å². The fourth-order valence-corrected chi connectivity index (χ4v) is 5.06. The third kappa shape index (κ3) is 3.74. The monoisotopic (exact) mass is 446 g/mol. The number of piperidine rings is 1. The molecule has 1 atom stereocenters. The van der Waals surface area contributed by atoms with Gasteiger partial charge in [0.05, 0.1) is 49.4 Å². The molecule has 0 aliphatic carbocycles. The van der Waals surface area contributed by atoms with Crippen molar-refractivity contribution in [3.63, 3.8) is 0 Å². The lowest BCUT2D eigenvalue weighted by Crippen LogP contribution is -2.53. The lowest BCUT2D eigenvalue weighted by atomic mass is 9.92. The first-order chi connectivity index (χ1) is 16.2. The van der Waals surface area contributed by atoms with Crippen LogP contribution in [0.15, 0.2) is 36.9 Å². The average molecular weight is 447 g/mol. The minimum Gasteiger partial charge on any atom is -0.375 e. The molecule has 1 unspecified atom stereocenters. The van der Waals surface area contributed by atoms with Crippen LogP contribution in [0.3, 0.4) is 0 Å². The summed E-state index contributed by atoms with van der Waals surface area (Å²) in [4.78, 5) is 18.8.